The van der Waals surface area contributed by atoms with Gasteiger partial charge >= 0.3 is 5.97 Å². The van der Waals surface area contributed by atoms with Crippen molar-refractivity contribution in [3.8, 4) is 5.75 Å². The van der Waals surface area contributed by atoms with Gasteiger partial charge in [-0.15, -0.1) is 0 Å². The fraction of sp³-hybridized carbons (Fsp3) is 0.467. The fourth-order valence-corrected chi connectivity index (χ4v) is 2.47. The van der Waals surface area contributed by atoms with Crippen LogP contribution >= 0.6 is 0 Å². The number of rotatable bonds is 5. The maximum absolute atomic E-state index is 12.2. The van der Waals surface area contributed by atoms with Crippen LogP contribution in [0.5, 0.6) is 5.75 Å². The van der Waals surface area contributed by atoms with Crippen molar-refractivity contribution in [2.45, 2.75) is 37.8 Å². The molecule has 0 radical (unpaired) electrons. The first-order valence-electron chi connectivity index (χ1n) is 6.97. The molecule has 1 aromatic carbocycles. The maximum atomic E-state index is 12.2. The number of aliphatic carboxylic acids is 1. The average Bonchev–Trinajstić information content (AvgIpc) is 2.88. The molecule has 2 atom stereocenters. The second kappa shape index (κ2) is 6.13. The third-order valence-corrected chi connectivity index (χ3v) is 3.85. The van der Waals surface area contributed by atoms with E-state index in [4.69, 9.17) is 0 Å². The molecule has 6 nitrogen and oxygen atoms in total. The first kappa shape index (κ1) is 15.3. The largest absolute Gasteiger partial charge is 0.508 e. The molecular formula is C15H20N2O4. The number of phenols is 1. The molecule has 4 N–H and O–H groups in total. The highest BCUT2D eigenvalue weighted by molar-refractivity contribution is 5.90. The van der Waals surface area contributed by atoms with E-state index in [2.05, 4.69) is 10.6 Å². The Balaban J connectivity index is 2.04. The lowest BCUT2D eigenvalue weighted by molar-refractivity contribution is -0.142. The summed E-state index contributed by atoms with van der Waals surface area (Å²) < 4.78 is 0. The highest BCUT2D eigenvalue weighted by Gasteiger charge is 2.37. The van der Waals surface area contributed by atoms with E-state index in [1.165, 1.54) is 12.1 Å². The molecular weight excluding hydrogens is 272 g/mol. The number of amides is 1. The van der Waals surface area contributed by atoms with Crippen molar-refractivity contribution >= 4 is 11.9 Å². The van der Waals surface area contributed by atoms with Gasteiger partial charge in [-0.05, 0) is 44.0 Å². The molecule has 1 aliphatic rings. The third kappa shape index (κ3) is 3.72. The smallest absolute Gasteiger partial charge is 0.326 e. The van der Waals surface area contributed by atoms with Crippen molar-refractivity contribution < 1.29 is 19.8 Å². The van der Waals surface area contributed by atoms with E-state index in [9.17, 15) is 19.8 Å². The zero-order valence-corrected chi connectivity index (χ0v) is 11.9. The summed E-state index contributed by atoms with van der Waals surface area (Å²) in [5, 5.41) is 24.2. The van der Waals surface area contributed by atoms with Crippen LogP contribution in [0.25, 0.3) is 0 Å². The average molecular weight is 292 g/mol. The number of phenolic OH excluding ortho intramolecular Hbond substituents is 1. The lowest BCUT2D eigenvalue weighted by Gasteiger charge is -2.25. The van der Waals surface area contributed by atoms with Gasteiger partial charge in [0.15, 0.2) is 0 Å². The predicted octanol–water partition coefficient (Wildman–Crippen LogP) is 0.646. The van der Waals surface area contributed by atoms with E-state index in [1.54, 1.807) is 19.1 Å². The van der Waals surface area contributed by atoms with Crippen molar-refractivity contribution in [2.75, 3.05) is 6.54 Å². The van der Waals surface area contributed by atoms with Gasteiger partial charge < -0.3 is 20.8 Å². The molecule has 0 aromatic heterocycles. The molecule has 1 unspecified atom stereocenters. The molecule has 6 heteroatoms. The van der Waals surface area contributed by atoms with E-state index >= 15 is 0 Å². The van der Waals surface area contributed by atoms with Crippen LogP contribution in [0.3, 0.4) is 0 Å². The topological polar surface area (TPSA) is 98.7 Å². The van der Waals surface area contributed by atoms with Crippen molar-refractivity contribution in [3.63, 3.8) is 0 Å². The summed E-state index contributed by atoms with van der Waals surface area (Å²) in [6, 6.07) is 5.30. The summed E-state index contributed by atoms with van der Waals surface area (Å²) in [5.41, 5.74) is 0.0490. The number of carboxylic acid groups (broad SMARTS) is 1. The first-order valence-corrected chi connectivity index (χ1v) is 6.97. The molecule has 114 valence electrons. The van der Waals surface area contributed by atoms with Crippen LogP contribution in [-0.2, 0) is 16.0 Å². The van der Waals surface area contributed by atoms with Crippen LogP contribution in [0.4, 0.5) is 0 Å². The summed E-state index contributed by atoms with van der Waals surface area (Å²) in [6.07, 6.45) is 1.78. The minimum Gasteiger partial charge on any atom is -0.508 e. The lowest BCUT2D eigenvalue weighted by Crippen LogP contribution is -2.55. The molecule has 21 heavy (non-hydrogen) atoms. The molecule has 1 aliphatic heterocycles. The maximum Gasteiger partial charge on any atom is 0.326 e. The number of hydrogen-bond donors (Lipinski definition) is 4. The number of carboxylic acids is 1. The van der Waals surface area contributed by atoms with Crippen molar-refractivity contribution in [1.82, 2.24) is 10.6 Å². The molecule has 2 rings (SSSR count). The molecule has 0 spiro atoms. The molecule has 1 fully saturated rings. The molecule has 1 saturated heterocycles. The first-order chi connectivity index (χ1) is 9.90. The van der Waals surface area contributed by atoms with Gasteiger partial charge in [0.2, 0.25) is 5.91 Å². The fourth-order valence-electron chi connectivity index (χ4n) is 2.47. The quantitative estimate of drug-likeness (QED) is 0.638. The SMILES string of the molecule is CC1(C(=O)N[C@@H](Cc2ccc(O)cc2)C(=O)O)CCCN1. The Bertz CT molecular complexity index is 521. The number of aromatic hydroxyl groups is 1. The van der Waals surface area contributed by atoms with Gasteiger partial charge in [0.1, 0.15) is 11.8 Å². The number of carbonyl (C=O) groups excluding carboxylic acids is 1. The van der Waals surface area contributed by atoms with E-state index in [-0.39, 0.29) is 18.1 Å². The predicted molar refractivity (Wildman–Crippen MR) is 77.0 cm³/mol. The zero-order valence-electron chi connectivity index (χ0n) is 11.9. The Labute approximate surface area is 123 Å². The Morgan fingerprint density at radius 3 is 2.57 bits per heavy atom. The molecule has 1 aromatic rings. The van der Waals surface area contributed by atoms with E-state index < -0.39 is 17.6 Å². The summed E-state index contributed by atoms with van der Waals surface area (Å²) >= 11 is 0. The zero-order chi connectivity index (χ0) is 15.5. The standard InChI is InChI=1S/C15H20N2O4/c1-15(7-2-8-16-15)14(21)17-12(13(19)20)9-10-3-5-11(18)6-4-10/h3-6,12,16,18H,2,7-9H2,1H3,(H,17,21)(H,19,20)/t12-,15?/m0/s1. The van der Waals surface area contributed by atoms with Gasteiger partial charge in [-0.3, -0.25) is 4.79 Å². The Morgan fingerprint density at radius 1 is 1.38 bits per heavy atom. The van der Waals surface area contributed by atoms with E-state index in [0.717, 1.165) is 18.5 Å². The van der Waals surface area contributed by atoms with Crippen LogP contribution in [0.2, 0.25) is 0 Å². The minimum absolute atomic E-state index is 0.123. The summed E-state index contributed by atoms with van der Waals surface area (Å²) in [5.74, 6) is -1.23. The Hall–Kier alpha value is -2.08. The van der Waals surface area contributed by atoms with Gasteiger partial charge in [0, 0.05) is 6.42 Å². The van der Waals surface area contributed by atoms with Gasteiger partial charge in [0.25, 0.3) is 0 Å². The van der Waals surface area contributed by atoms with Crippen LogP contribution < -0.4 is 10.6 Å². The third-order valence-electron chi connectivity index (χ3n) is 3.85. The van der Waals surface area contributed by atoms with Crippen LogP contribution in [0.15, 0.2) is 24.3 Å². The summed E-state index contributed by atoms with van der Waals surface area (Å²) in [6.45, 7) is 2.55. The van der Waals surface area contributed by atoms with Gasteiger partial charge in [-0.2, -0.15) is 0 Å². The van der Waals surface area contributed by atoms with E-state index in [1.807, 2.05) is 0 Å². The van der Waals surface area contributed by atoms with Crippen LogP contribution in [0.1, 0.15) is 25.3 Å². The number of nitrogens with one attached hydrogen (secondary N) is 2. The van der Waals surface area contributed by atoms with Gasteiger partial charge in [-0.1, -0.05) is 12.1 Å². The van der Waals surface area contributed by atoms with Crippen molar-refractivity contribution in [1.29, 1.82) is 0 Å². The summed E-state index contributed by atoms with van der Waals surface area (Å²) in [7, 11) is 0. The minimum atomic E-state index is -1.07. The molecule has 0 bridgehead atoms. The molecule has 0 aliphatic carbocycles. The Morgan fingerprint density at radius 2 is 2.05 bits per heavy atom. The monoisotopic (exact) mass is 292 g/mol. The summed E-state index contributed by atoms with van der Waals surface area (Å²) in [4.78, 5) is 23.6. The van der Waals surface area contributed by atoms with Crippen molar-refractivity contribution in [2.24, 2.45) is 0 Å². The second-order valence-corrected chi connectivity index (χ2v) is 5.60. The highest BCUT2D eigenvalue weighted by atomic mass is 16.4. The normalized spacial score (nSPS) is 22.7. The molecule has 1 amide bonds. The van der Waals surface area contributed by atoms with Crippen LogP contribution in [0, 0.1) is 0 Å². The van der Waals surface area contributed by atoms with E-state index in [0.29, 0.717) is 6.42 Å². The van der Waals surface area contributed by atoms with Crippen LogP contribution in [-0.4, -0.2) is 40.2 Å². The second-order valence-electron chi connectivity index (χ2n) is 5.60. The highest BCUT2D eigenvalue weighted by Crippen LogP contribution is 2.19. The number of benzene rings is 1. The Kier molecular flexibility index (Phi) is 4.47. The molecule has 1 heterocycles. The molecule has 0 saturated carbocycles. The number of hydrogen-bond acceptors (Lipinski definition) is 4. The lowest BCUT2D eigenvalue weighted by atomic mass is 9.98. The van der Waals surface area contributed by atoms with Gasteiger partial charge in [0.05, 0.1) is 5.54 Å². The van der Waals surface area contributed by atoms with Crippen molar-refractivity contribution in [3.05, 3.63) is 29.8 Å². The number of carbonyl (C=O) groups is 2. The van der Waals surface area contributed by atoms with Gasteiger partial charge in [-0.25, -0.2) is 4.79 Å².